The van der Waals surface area contributed by atoms with Crippen LogP contribution in [0.1, 0.15) is 29.4 Å². The maximum absolute atomic E-state index is 12.5. The number of benzene rings is 3. The van der Waals surface area contributed by atoms with Crippen LogP contribution in [0.15, 0.2) is 80.4 Å². The van der Waals surface area contributed by atoms with Crippen molar-refractivity contribution in [1.29, 1.82) is 0 Å². The third kappa shape index (κ3) is 4.58. The van der Waals surface area contributed by atoms with Crippen LogP contribution in [-0.4, -0.2) is 10.5 Å². The Kier molecular flexibility index (Phi) is 6.02. The molecule has 0 aliphatic carbocycles. The summed E-state index contributed by atoms with van der Waals surface area (Å²) in [5.41, 5.74) is 3.66. The largest absolute Gasteiger partial charge is 0.461 e. The van der Waals surface area contributed by atoms with Crippen LogP contribution in [-0.2, 0) is 34.0 Å². The number of aryl methyl sites for hydroxylation is 1. The lowest BCUT2D eigenvalue weighted by Crippen LogP contribution is -2.20. The molecule has 5 rings (SSSR count). The molecule has 0 N–H and O–H groups in total. The lowest BCUT2D eigenvalue weighted by Gasteiger charge is -2.28. The summed E-state index contributed by atoms with van der Waals surface area (Å²) in [7, 11) is 0. The third-order valence-electron chi connectivity index (χ3n) is 5.40. The first-order valence-electron chi connectivity index (χ1n) is 10.5. The SMILES string of the molecule is O=C(CCn1c(=O)oc2ccccc21)OCc1cc(Br)cc2c1O[C@H](c1ccccc1)OC2. The fourth-order valence-corrected chi connectivity index (χ4v) is 4.37. The van der Waals surface area contributed by atoms with Crippen LogP contribution < -0.4 is 10.5 Å². The van der Waals surface area contributed by atoms with E-state index in [1.165, 1.54) is 4.57 Å². The maximum atomic E-state index is 12.5. The zero-order valence-corrected chi connectivity index (χ0v) is 19.1. The van der Waals surface area contributed by atoms with Gasteiger partial charge in [0.2, 0.25) is 6.29 Å². The van der Waals surface area contributed by atoms with Gasteiger partial charge in [0, 0.05) is 27.7 Å². The molecular formula is C25H20BrNO6. The predicted octanol–water partition coefficient (Wildman–Crippen LogP) is 5.10. The Morgan fingerprint density at radius 2 is 1.88 bits per heavy atom. The van der Waals surface area contributed by atoms with E-state index in [0.29, 0.717) is 23.5 Å². The summed E-state index contributed by atoms with van der Waals surface area (Å²) < 4.78 is 25.0. The Morgan fingerprint density at radius 1 is 1.09 bits per heavy atom. The standard InChI is InChI=1S/C25H20BrNO6/c26-19-12-17(23-18(13-19)15-31-24(33-23)16-6-2-1-3-7-16)14-30-22(28)10-11-27-20-8-4-5-9-21(20)32-25(27)29/h1-9,12-13,24H,10-11,14-15H2/t24-/m1/s1. The van der Waals surface area contributed by atoms with Gasteiger partial charge in [0.1, 0.15) is 12.4 Å². The molecular weight excluding hydrogens is 490 g/mol. The molecule has 168 valence electrons. The molecule has 0 unspecified atom stereocenters. The molecule has 1 aliphatic rings. The Morgan fingerprint density at radius 3 is 2.73 bits per heavy atom. The number of aromatic nitrogens is 1. The van der Waals surface area contributed by atoms with E-state index in [9.17, 15) is 9.59 Å². The summed E-state index contributed by atoms with van der Waals surface area (Å²) in [5.74, 6) is -0.263. The van der Waals surface area contributed by atoms with Crippen molar-refractivity contribution in [2.45, 2.75) is 32.5 Å². The number of nitrogens with zero attached hydrogens (tertiary/aromatic N) is 1. The lowest BCUT2D eigenvalue weighted by molar-refractivity contribution is -0.145. The molecule has 0 bridgehead atoms. The van der Waals surface area contributed by atoms with Gasteiger partial charge in [-0.05, 0) is 24.3 Å². The fraction of sp³-hybridized carbons (Fsp3) is 0.200. The van der Waals surface area contributed by atoms with E-state index in [0.717, 1.165) is 21.2 Å². The third-order valence-corrected chi connectivity index (χ3v) is 5.85. The van der Waals surface area contributed by atoms with Gasteiger partial charge in [-0.2, -0.15) is 0 Å². The number of esters is 1. The van der Waals surface area contributed by atoms with E-state index >= 15 is 0 Å². The van der Waals surface area contributed by atoms with Crippen molar-refractivity contribution in [3.63, 3.8) is 0 Å². The van der Waals surface area contributed by atoms with E-state index in [1.54, 1.807) is 18.2 Å². The summed E-state index contributed by atoms with van der Waals surface area (Å²) >= 11 is 3.50. The number of halogens is 1. The number of oxazole rings is 1. The monoisotopic (exact) mass is 509 g/mol. The Labute approximate surface area is 197 Å². The van der Waals surface area contributed by atoms with Crippen LogP contribution in [0.5, 0.6) is 5.75 Å². The molecule has 0 saturated heterocycles. The minimum atomic E-state index is -0.532. The van der Waals surface area contributed by atoms with E-state index in [1.807, 2.05) is 48.5 Å². The second kappa shape index (κ2) is 9.25. The van der Waals surface area contributed by atoms with Gasteiger partial charge in [0.25, 0.3) is 0 Å². The zero-order chi connectivity index (χ0) is 22.8. The number of carbonyl (C=O) groups is 1. The van der Waals surface area contributed by atoms with Gasteiger partial charge in [-0.15, -0.1) is 0 Å². The highest BCUT2D eigenvalue weighted by molar-refractivity contribution is 9.10. The highest BCUT2D eigenvalue weighted by atomic mass is 79.9. The highest BCUT2D eigenvalue weighted by Gasteiger charge is 2.25. The maximum Gasteiger partial charge on any atom is 0.419 e. The Balaban J connectivity index is 1.27. The molecule has 1 aliphatic heterocycles. The molecule has 1 aromatic heterocycles. The quantitative estimate of drug-likeness (QED) is 0.336. The van der Waals surface area contributed by atoms with Gasteiger partial charge in [-0.25, -0.2) is 4.79 Å². The number of para-hydroxylation sites is 2. The number of ether oxygens (including phenoxy) is 3. The molecule has 1 atom stereocenters. The van der Waals surface area contributed by atoms with Crippen molar-refractivity contribution >= 4 is 33.0 Å². The molecule has 0 amide bonds. The van der Waals surface area contributed by atoms with E-state index in [-0.39, 0.29) is 19.6 Å². The van der Waals surface area contributed by atoms with Crippen LogP contribution in [0.2, 0.25) is 0 Å². The number of rotatable bonds is 6. The van der Waals surface area contributed by atoms with Crippen LogP contribution in [0.4, 0.5) is 0 Å². The smallest absolute Gasteiger partial charge is 0.419 e. The molecule has 0 saturated carbocycles. The molecule has 0 radical (unpaired) electrons. The van der Waals surface area contributed by atoms with Crippen molar-refractivity contribution in [2.24, 2.45) is 0 Å². The molecule has 7 nitrogen and oxygen atoms in total. The van der Waals surface area contributed by atoms with Crippen LogP contribution in [0.3, 0.4) is 0 Å². The van der Waals surface area contributed by atoms with Gasteiger partial charge >= 0.3 is 11.7 Å². The first kappa shape index (κ1) is 21.5. The average molecular weight is 510 g/mol. The van der Waals surface area contributed by atoms with E-state index < -0.39 is 18.0 Å². The summed E-state index contributed by atoms with van der Waals surface area (Å²) in [5, 5.41) is 0. The van der Waals surface area contributed by atoms with Gasteiger partial charge < -0.3 is 18.6 Å². The van der Waals surface area contributed by atoms with Crippen molar-refractivity contribution in [1.82, 2.24) is 4.57 Å². The van der Waals surface area contributed by atoms with E-state index in [2.05, 4.69) is 15.9 Å². The van der Waals surface area contributed by atoms with Gasteiger partial charge in [0.05, 0.1) is 18.5 Å². The second-order valence-corrected chi connectivity index (χ2v) is 8.54. The normalized spacial score (nSPS) is 15.1. The summed E-state index contributed by atoms with van der Waals surface area (Å²) in [4.78, 5) is 24.5. The van der Waals surface area contributed by atoms with Gasteiger partial charge in [0.15, 0.2) is 5.58 Å². The number of hydrogen-bond donors (Lipinski definition) is 0. The second-order valence-electron chi connectivity index (χ2n) is 7.62. The minimum absolute atomic E-state index is 0.0379. The molecule has 0 fully saturated rings. The van der Waals surface area contributed by atoms with Crippen molar-refractivity contribution in [3.8, 4) is 5.75 Å². The molecule has 0 spiro atoms. The number of fused-ring (bicyclic) bond motifs is 2. The van der Waals surface area contributed by atoms with Crippen molar-refractivity contribution < 1.29 is 23.4 Å². The van der Waals surface area contributed by atoms with Crippen LogP contribution in [0.25, 0.3) is 11.1 Å². The zero-order valence-electron chi connectivity index (χ0n) is 17.5. The summed E-state index contributed by atoms with van der Waals surface area (Å²) in [6.07, 6.45) is -0.494. The first-order valence-corrected chi connectivity index (χ1v) is 11.3. The average Bonchev–Trinajstić information content (AvgIpc) is 3.16. The summed E-state index contributed by atoms with van der Waals surface area (Å²) in [6.45, 7) is 0.598. The van der Waals surface area contributed by atoms with E-state index in [4.69, 9.17) is 18.6 Å². The summed E-state index contributed by atoms with van der Waals surface area (Å²) in [6, 6.07) is 20.6. The molecule has 33 heavy (non-hydrogen) atoms. The van der Waals surface area contributed by atoms with Crippen molar-refractivity contribution in [2.75, 3.05) is 0 Å². The predicted molar refractivity (Wildman–Crippen MR) is 124 cm³/mol. The molecule has 2 heterocycles. The molecule has 3 aromatic carbocycles. The molecule has 4 aromatic rings. The van der Waals surface area contributed by atoms with Crippen molar-refractivity contribution in [3.05, 3.63) is 98.4 Å². The molecule has 8 heteroatoms. The number of carbonyl (C=O) groups excluding carboxylic acids is 1. The number of hydrogen-bond acceptors (Lipinski definition) is 6. The lowest BCUT2D eigenvalue weighted by atomic mass is 10.1. The van der Waals surface area contributed by atoms with Crippen LogP contribution >= 0.6 is 15.9 Å². The first-order chi connectivity index (χ1) is 16.1. The van der Waals surface area contributed by atoms with Gasteiger partial charge in [-0.3, -0.25) is 9.36 Å². The highest BCUT2D eigenvalue weighted by Crippen LogP contribution is 2.38. The van der Waals surface area contributed by atoms with Crippen LogP contribution in [0, 0.1) is 0 Å². The minimum Gasteiger partial charge on any atom is -0.461 e. The fourth-order valence-electron chi connectivity index (χ4n) is 3.82. The topological polar surface area (TPSA) is 79.9 Å². The Bertz CT molecular complexity index is 1360. The van der Waals surface area contributed by atoms with Gasteiger partial charge in [-0.1, -0.05) is 58.4 Å². The Hall–Kier alpha value is -3.36.